The molecule has 0 fully saturated rings. The summed E-state index contributed by atoms with van der Waals surface area (Å²) in [6.45, 7) is 4.78. The number of fused-ring (bicyclic) bond motifs is 13. The first kappa shape index (κ1) is 47.8. The van der Waals surface area contributed by atoms with Gasteiger partial charge in [-0.15, -0.1) is 0 Å². The lowest BCUT2D eigenvalue weighted by molar-refractivity contribution is 0.666. The SMILES string of the molecule is CC1(C)c2ccccc2-c2ccc3c(c21)c1ccccc1n3-c1c(-c2ccccc2-c2ccc3oc4ccccc4c3c2)cc(-c2nc(-c3ccccc3)nc(-c3ccccc3)n2)cc1-c1ccccc1-c1ccc2oc3ccccc3c2c1. The summed E-state index contributed by atoms with van der Waals surface area (Å²) in [5, 5.41) is 6.73. The lowest BCUT2D eigenvalue weighted by Crippen LogP contribution is -2.15. The molecule has 0 atom stereocenters. The van der Waals surface area contributed by atoms with Crippen LogP contribution in [-0.2, 0) is 5.41 Å². The number of nitrogens with zero attached hydrogens (tertiary/aromatic N) is 4. The summed E-state index contributed by atoms with van der Waals surface area (Å²) in [6.07, 6.45) is 0. The van der Waals surface area contributed by atoms with Crippen LogP contribution < -0.4 is 0 Å². The number of hydrogen-bond donors (Lipinski definition) is 0. The van der Waals surface area contributed by atoms with E-state index in [1.807, 2.05) is 60.7 Å². The Morgan fingerprint density at radius 3 is 1.30 bits per heavy atom. The van der Waals surface area contributed by atoms with Crippen molar-refractivity contribution < 1.29 is 8.83 Å². The van der Waals surface area contributed by atoms with Gasteiger partial charge >= 0.3 is 0 Å². The molecule has 0 spiro atoms. The Kier molecular flexibility index (Phi) is 10.6. The Balaban J connectivity index is 1.03. The maximum absolute atomic E-state index is 6.45. The average molecular weight is 1080 g/mol. The molecule has 17 rings (SSSR count). The molecule has 16 aromatic rings. The molecule has 4 aromatic heterocycles. The van der Waals surface area contributed by atoms with E-state index in [4.69, 9.17) is 23.8 Å². The van der Waals surface area contributed by atoms with Gasteiger partial charge in [-0.3, -0.25) is 0 Å². The minimum atomic E-state index is -0.285. The summed E-state index contributed by atoms with van der Waals surface area (Å²) in [7, 11) is 0. The third-order valence-electron chi connectivity index (χ3n) is 17.5. The number of furan rings is 2. The lowest BCUT2D eigenvalue weighted by Gasteiger charge is -2.24. The van der Waals surface area contributed by atoms with Gasteiger partial charge < -0.3 is 13.4 Å². The maximum Gasteiger partial charge on any atom is 0.164 e. The minimum Gasteiger partial charge on any atom is -0.456 e. The molecular weight excluding hydrogens is 1020 g/mol. The molecule has 6 nitrogen and oxygen atoms in total. The van der Waals surface area contributed by atoms with Crippen LogP contribution in [0.1, 0.15) is 25.0 Å². The van der Waals surface area contributed by atoms with Gasteiger partial charge in [0, 0.05) is 65.5 Å². The quantitative estimate of drug-likeness (QED) is 0.152. The van der Waals surface area contributed by atoms with Crippen LogP contribution in [0.2, 0.25) is 0 Å². The van der Waals surface area contributed by atoms with Gasteiger partial charge in [0.15, 0.2) is 17.5 Å². The highest BCUT2D eigenvalue weighted by atomic mass is 16.3. The molecule has 84 heavy (non-hydrogen) atoms. The predicted molar refractivity (Wildman–Crippen MR) is 344 cm³/mol. The van der Waals surface area contributed by atoms with Gasteiger partial charge in [0.2, 0.25) is 0 Å². The van der Waals surface area contributed by atoms with Crippen molar-refractivity contribution in [3.05, 3.63) is 278 Å². The summed E-state index contributed by atoms with van der Waals surface area (Å²) in [5.74, 6) is 1.74. The van der Waals surface area contributed by atoms with Crippen LogP contribution in [0.15, 0.2) is 276 Å². The summed E-state index contributed by atoms with van der Waals surface area (Å²) in [5.41, 5.74) is 22.7. The molecule has 6 heteroatoms. The smallest absolute Gasteiger partial charge is 0.164 e. The highest BCUT2D eigenvalue weighted by Crippen LogP contribution is 2.55. The van der Waals surface area contributed by atoms with Gasteiger partial charge in [0.25, 0.3) is 0 Å². The lowest BCUT2D eigenvalue weighted by atomic mass is 9.80. The van der Waals surface area contributed by atoms with Crippen LogP contribution in [-0.4, -0.2) is 19.5 Å². The van der Waals surface area contributed by atoms with Gasteiger partial charge in [0.05, 0.1) is 16.7 Å². The minimum absolute atomic E-state index is 0.285. The van der Waals surface area contributed by atoms with Crippen molar-refractivity contribution in [1.29, 1.82) is 0 Å². The van der Waals surface area contributed by atoms with E-state index in [2.05, 4.69) is 225 Å². The number of benzene rings is 12. The first-order valence-corrected chi connectivity index (χ1v) is 28.7. The normalized spacial score (nSPS) is 12.7. The van der Waals surface area contributed by atoms with Crippen LogP contribution in [0.3, 0.4) is 0 Å². The molecule has 0 saturated heterocycles. The van der Waals surface area contributed by atoms with Gasteiger partial charge in [-0.25, -0.2) is 15.0 Å². The van der Waals surface area contributed by atoms with Crippen LogP contribution in [0, 0.1) is 0 Å². The largest absolute Gasteiger partial charge is 0.456 e. The second kappa shape index (κ2) is 18.5. The van der Waals surface area contributed by atoms with Crippen molar-refractivity contribution in [1.82, 2.24) is 19.5 Å². The van der Waals surface area contributed by atoms with Crippen LogP contribution >= 0.6 is 0 Å². The molecule has 0 radical (unpaired) electrons. The zero-order valence-corrected chi connectivity index (χ0v) is 46.0. The summed E-state index contributed by atoms with van der Waals surface area (Å²) in [6, 6.07) is 95.4. The van der Waals surface area contributed by atoms with Gasteiger partial charge in [-0.2, -0.15) is 0 Å². The maximum atomic E-state index is 6.45. The third-order valence-corrected chi connectivity index (χ3v) is 17.5. The van der Waals surface area contributed by atoms with Crippen LogP contribution in [0.5, 0.6) is 0 Å². The molecular formula is C78H50N4O2. The first-order chi connectivity index (χ1) is 41.4. The zero-order chi connectivity index (χ0) is 55.6. The number of aromatic nitrogens is 4. The van der Waals surface area contributed by atoms with Crippen LogP contribution in [0.25, 0.3) is 161 Å². The highest BCUT2D eigenvalue weighted by Gasteiger charge is 2.38. The Bertz CT molecular complexity index is 5120. The van der Waals surface area contributed by atoms with Gasteiger partial charge in [-0.05, 0) is 116 Å². The van der Waals surface area contributed by atoms with Gasteiger partial charge in [-0.1, -0.05) is 220 Å². The van der Waals surface area contributed by atoms with Gasteiger partial charge in [0.1, 0.15) is 22.3 Å². The van der Waals surface area contributed by atoms with E-state index < -0.39 is 0 Å². The Labute approximate surface area is 484 Å². The summed E-state index contributed by atoms with van der Waals surface area (Å²) >= 11 is 0. The fourth-order valence-electron chi connectivity index (χ4n) is 13.7. The molecule has 0 saturated carbocycles. The molecule has 1 aliphatic rings. The Morgan fingerprint density at radius 2 is 0.738 bits per heavy atom. The van der Waals surface area contributed by atoms with E-state index in [0.717, 1.165) is 122 Å². The van der Waals surface area contributed by atoms with E-state index in [0.29, 0.717) is 17.5 Å². The van der Waals surface area contributed by atoms with Crippen molar-refractivity contribution in [2.24, 2.45) is 0 Å². The first-order valence-electron chi connectivity index (χ1n) is 28.7. The average Bonchev–Trinajstić information content (AvgIpc) is 1.82. The van der Waals surface area contributed by atoms with Crippen molar-refractivity contribution >= 4 is 65.7 Å². The molecule has 0 aliphatic heterocycles. The molecule has 1 aliphatic carbocycles. The second-order valence-electron chi connectivity index (χ2n) is 22.6. The van der Waals surface area contributed by atoms with Crippen molar-refractivity contribution in [2.75, 3.05) is 0 Å². The van der Waals surface area contributed by atoms with E-state index >= 15 is 0 Å². The standard InChI is InChI=1S/C78H50N4O2/c1-78(2)65-33-17-13-29-56(65)59-39-40-67-72(73(59)78)60-32-14-18-34-66(60)82(67)74-63(54-27-11-9-25-52(54)49-37-41-70-61(43-49)57-30-15-19-35-68(57)83-70)45-51(77-80-75(47-21-5-3-6-22-47)79-76(81-77)48-23-7-4-8-24-48)46-64(74)55-28-12-10-26-53(55)50-38-42-71-62(44-50)58-31-16-20-36-69(58)84-71/h3-46H,1-2H3. The Morgan fingerprint density at radius 1 is 0.298 bits per heavy atom. The monoisotopic (exact) mass is 1070 g/mol. The van der Waals surface area contributed by atoms with Crippen molar-refractivity contribution in [2.45, 2.75) is 19.3 Å². The fourth-order valence-corrected chi connectivity index (χ4v) is 13.7. The van der Waals surface area contributed by atoms with Crippen molar-refractivity contribution in [3.63, 3.8) is 0 Å². The van der Waals surface area contributed by atoms with E-state index in [-0.39, 0.29) is 5.41 Å². The second-order valence-corrected chi connectivity index (χ2v) is 22.6. The summed E-state index contributed by atoms with van der Waals surface area (Å²) in [4.78, 5) is 16.1. The zero-order valence-electron chi connectivity index (χ0n) is 46.0. The molecule has 0 bridgehead atoms. The van der Waals surface area contributed by atoms with E-state index in [1.165, 1.54) is 33.0 Å². The van der Waals surface area contributed by atoms with Crippen LogP contribution in [0.4, 0.5) is 0 Å². The molecule has 0 unspecified atom stereocenters. The fraction of sp³-hybridized carbons (Fsp3) is 0.0385. The number of rotatable bonds is 8. The molecule has 0 N–H and O–H groups in total. The number of para-hydroxylation sites is 3. The van der Waals surface area contributed by atoms with E-state index in [1.54, 1.807) is 0 Å². The molecule has 4 heterocycles. The Hall–Kier alpha value is -11.0. The molecule has 394 valence electrons. The predicted octanol–water partition coefficient (Wildman–Crippen LogP) is 20.7. The number of hydrogen-bond acceptors (Lipinski definition) is 5. The molecule has 0 amide bonds. The topological polar surface area (TPSA) is 69.9 Å². The molecule has 12 aromatic carbocycles. The van der Waals surface area contributed by atoms with E-state index in [9.17, 15) is 0 Å². The van der Waals surface area contributed by atoms with Crippen molar-refractivity contribution in [3.8, 4) is 95.5 Å². The third kappa shape index (κ3) is 7.33. The summed E-state index contributed by atoms with van der Waals surface area (Å²) < 4.78 is 15.5. The highest BCUT2D eigenvalue weighted by molar-refractivity contribution is 6.16.